The minimum Gasteiger partial charge on any atom is -0.334 e. The molecule has 2 aliphatic heterocycles. The summed E-state index contributed by atoms with van der Waals surface area (Å²) in [6, 6.07) is 3.24. The van der Waals surface area contributed by atoms with Crippen LogP contribution in [0, 0.1) is 0 Å². The van der Waals surface area contributed by atoms with Crippen LogP contribution in [0.25, 0.3) is 0 Å². The zero-order valence-corrected chi connectivity index (χ0v) is 17.3. The van der Waals surface area contributed by atoms with Crippen molar-refractivity contribution in [2.24, 2.45) is 0 Å². The van der Waals surface area contributed by atoms with Crippen molar-refractivity contribution in [3.8, 4) is 0 Å². The molecule has 4 rings (SSSR count). The van der Waals surface area contributed by atoms with Crippen molar-refractivity contribution in [2.75, 3.05) is 0 Å². The Morgan fingerprint density at radius 1 is 1.10 bits per heavy atom. The van der Waals surface area contributed by atoms with Crippen LogP contribution in [0.5, 0.6) is 0 Å². The topological polar surface area (TPSA) is 78.5 Å². The molecule has 0 bridgehead atoms. The second-order valence-electron chi connectivity index (χ2n) is 7.26. The second-order valence-corrected chi connectivity index (χ2v) is 7.26. The molecule has 1 unspecified atom stereocenters. The SMILES string of the molecule is C1CC1.CC.O=C1NC(=O)C(CCC(=O)N2Cc3ccc(CC(F)(F)F)cc3C2)N1. The van der Waals surface area contributed by atoms with Gasteiger partial charge in [0.25, 0.3) is 5.91 Å². The third-order valence-electron chi connectivity index (χ3n) is 4.61. The maximum Gasteiger partial charge on any atom is 0.393 e. The number of carbonyl (C=O) groups excluding carboxylic acids is 3. The van der Waals surface area contributed by atoms with E-state index in [9.17, 15) is 27.6 Å². The molecule has 1 saturated carbocycles. The Kier molecular flexibility index (Phi) is 8.25. The predicted molar refractivity (Wildman–Crippen MR) is 105 cm³/mol. The van der Waals surface area contributed by atoms with E-state index in [0.717, 1.165) is 5.56 Å². The summed E-state index contributed by atoms with van der Waals surface area (Å²) in [6.45, 7) is 4.59. The summed E-state index contributed by atoms with van der Waals surface area (Å²) in [5, 5.41) is 4.51. The molecule has 0 spiro atoms. The molecule has 2 heterocycles. The average Bonchev–Trinajstić information content (AvgIpc) is 3.45. The highest BCUT2D eigenvalue weighted by Crippen LogP contribution is 2.28. The first-order chi connectivity index (χ1) is 14.2. The number of hydrogen-bond acceptors (Lipinski definition) is 3. The van der Waals surface area contributed by atoms with Crippen molar-refractivity contribution in [2.45, 2.75) is 77.7 Å². The summed E-state index contributed by atoms with van der Waals surface area (Å²) in [6.07, 6.45) is -0.510. The smallest absolute Gasteiger partial charge is 0.334 e. The fourth-order valence-corrected chi connectivity index (χ4v) is 3.05. The van der Waals surface area contributed by atoms with Crippen LogP contribution in [-0.2, 0) is 29.1 Å². The molecule has 1 aliphatic carbocycles. The zero-order chi connectivity index (χ0) is 22.3. The number of imide groups is 1. The number of alkyl halides is 3. The van der Waals surface area contributed by atoms with Crippen LogP contribution < -0.4 is 10.6 Å². The van der Waals surface area contributed by atoms with Crippen LogP contribution in [0.2, 0.25) is 0 Å². The molecule has 166 valence electrons. The Morgan fingerprint density at radius 2 is 1.73 bits per heavy atom. The largest absolute Gasteiger partial charge is 0.393 e. The van der Waals surface area contributed by atoms with Crippen LogP contribution in [0.15, 0.2) is 18.2 Å². The van der Waals surface area contributed by atoms with Gasteiger partial charge in [0.2, 0.25) is 5.91 Å². The number of rotatable bonds is 4. The summed E-state index contributed by atoms with van der Waals surface area (Å²) in [4.78, 5) is 36.3. The molecule has 30 heavy (non-hydrogen) atoms. The minimum absolute atomic E-state index is 0.0712. The van der Waals surface area contributed by atoms with Crippen molar-refractivity contribution in [3.05, 3.63) is 34.9 Å². The van der Waals surface area contributed by atoms with Gasteiger partial charge in [0.1, 0.15) is 6.04 Å². The molecular formula is C21H28F3N3O3. The molecule has 0 aromatic heterocycles. The van der Waals surface area contributed by atoms with Gasteiger partial charge < -0.3 is 10.2 Å². The Balaban J connectivity index is 0.000000573. The lowest BCUT2D eigenvalue weighted by molar-refractivity contribution is -0.132. The summed E-state index contributed by atoms with van der Waals surface area (Å²) < 4.78 is 37.4. The van der Waals surface area contributed by atoms with Gasteiger partial charge in [-0.15, -0.1) is 0 Å². The first kappa shape index (κ1) is 23.7. The predicted octanol–water partition coefficient (Wildman–Crippen LogP) is 3.82. The van der Waals surface area contributed by atoms with Crippen molar-refractivity contribution in [1.82, 2.24) is 15.5 Å². The molecule has 1 atom stereocenters. The maximum atomic E-state index is 12.5. The van der Waals surface area contributed by atoms with Crippen LogP contribution in [0.4, 0.5) is 18.0 Å². The zero-order valence-electron chi connectivity index (χ0n) is 17.3. The van der Waals surface area contributed by atoms with E-state index in [0.29, 0.717) is 12.1 Å². The van der Waals surface area contributed by atoms with E-state index >= 15 is 0 Å². The fourth-order valence-electron chi connectivity index (χ4n) is 3.05. The van der Waals surface area contributed by atoms with Crippen LogP contribution in [0.3, 0.4) is 0 Å². The third-order valence-corrected chi connectivity index (χ3v) is 4.61. The van der Waals surface area contributed by atoms with E-state index in [2.05, 4.69) is 10.6 Å². The monoisotopic (exact) mass is 427 g/mol. The van der Waals surface area contributed by atoms with Gasteiger partial charge >= 0.3 is 12.2 Å². The average molecular weight is 427 g/mol. The summed E-state index contributed by atoms with van der Waals surface area (Å²) >= 11 is 0. The molecule has 0 radical (unpaired) electrons. The van der Waals surface area contributed by atoms with E-state index in [1.165, 1.54) is 36.3 Å². The molecular weight excluding hydrogens is 399 g/mol. The summed E-state index contributed by atoms with van der Waals surface area (Å²) in [5.41, 5.74) is 1.71. The molecule has 6 nitrogen and oxygen atoms in total. The molecule has 3 aliphatic rings. The quantitative estimate of drug-likeness (QED) is 0.717. The van der Waals surface area contributed by atoms with Gasteiger partial charge in [-0.05, 0) is 23.1 Å². The lowest BCUT2D eigenvalue weighted by Crippen LogP contribution is -2.32. The van der Waals surface area contributed by atoms with Gasteiger partial charge in [-0.2, -0.15) is 13.2 Å². The van der Waals surface area contributed by atoms with Crippen molar-refractivity contribution < 1.29 is 27.6 Å². The van der Waals surface area contributed by atoms with E-state index in [4.69, 9.17) is 0 Å². The number of carbonyl (C=O) groups is 3. The van der Waals surface area contributed by atoms with Crippen molar-refractivity contribution >= 4 is 17.8 Å². The number of halogens is 3. The standard InChI is InChI=1S/C16H16F3N3O3.C3H6.C2H6/c17-16(18,19)6-9-1-2-10-7-22(8-11(10)5-9)13(23)4-3-12-14(24)21-15(25)20-12;1-2-3-1;1-2/h1-2,5,12H,3-4,6-8H2,(H2,20,21,24,25);1-3H2;1-2H3. The van der Waals surface area contributed by atoms with Crippen molar-refractivity contribution in [1.29, 1.82) is 0 Å². The Hall–Kier alpha value is -2.58. The summed E-state index contributed by atoms with van der Waals surface area (Å²) in [7, 11) is 0. The first-order valence-corrected chi connectivity index (χ1v) is 10.3. The molecule has 2 fully saturated rings. The highest BCUT2D eigenvalue weighted by Gasteiger charge is 2.32. The van der Waals surface area contributed by atoms with Gasteiger partial charge in [-0.25, -0.2) is 4.79 Å². The number of benzene rings is 1. The lowest BCUT2D eigenvalue weighted by atomic mass is 10.0. The van der Waals surface area contributed by atoms with Gasteiger partial charge in [-0.3, -0.25) is 14.9 Å². The Labute approximate surface area is 174 Å². The molecule has 1 aromatic carbocycles. The van der Waals surface area contributed by atoms with E-state index in [-0.39, 0.29) is 30.9 Å². The van der Waals surface area contributed by atoms with Gasteiger partial charge in [0.15, 0.2) is 0 Å². The summed E-state index contributed by atoms with van der Waals surface area (Å²) in [5.74, 6) is -0.665. The molecule has 1 saturated heterocycles. The Morgan fingerprint density at radius 3 is 2.27 bits per heavy atom. The minimum atomic E-state index is -4.27. The number of nitrogens with one attached hydrogen (secondary N) is 2. The maximum absolute atomic E-state index is 12.5. The number of hydrogen-bond donors (Lipinski definition) is 2. The van der Waals surface area contributed by atoms with Crippen LogP contribution >= 0.6 is 0 Å². The van der Waals surface area contributed by atoms with Crippen LogP contribution in [0.1, 0.15) is 62.6 Å². The Bertz CT molecular complexity index is 776. The van der Waals surface area contributed by atoms with Gasteiger partial charge in [-0.1, -0.05) is 51.3 Å². The van der Waals surface area contributed by atoms with E-state index in [1.54, 1.807) is 6.07 Å². The van der Waals surface area contributed by atoms with Crippen molar-refractivity contribution in [3.63, 3.8) is 0 Å². The third kappa shape index (κ3) is 7.35. The van der Waals surface area contributed by atoms with Gasteiger partial charge in [0, 0.05) is 19.5 Å². The molecule has 4 amide bonds. The second kappa shape index (κ2) is 10.4. The van der Waals surface area contributed by atoms with Crippen LogP contribution in [-0.4, -0.2) is 35.0 Å². The number of fused-ring (bicyclic) bond motifs is 1. The van der Waals surface area contributed by atoms with Gasteiger partial charge in [0.05, 0.1) is 6.42 Å². The number of nitrogens with zero attached hydrogens (tertiary/aromatic N) is 1. The highest BCUT2D eigenvalue weighted by atomic mass is 19.4. The van der Waals surface area contributed by atoms with E-state index < -0.39 is 30.6 Å². The number of urea groups is 1. The molecule has 9 heteroatoms. The molecule has 1 aromatic rings. The fraction of sp³-hybridized carbons (Fsp3) is 0.571. The lowest BCUT2D eigenvalue weighted by Gasteiger charge is -2.16. The highest BCUT2D eigenvalue weighted by molar-refractivity contribution is 6.04. The molecule has 2 N–H and O–H groups in total. The number of amides is 4. The first-order valence-electron chi connectivity index (χ1n) is 10.3. The normalized spacial score (nSPS) is 19.0. The van der Waals surface area contributed by atoms with E-state index in [1.807, 2.05) is 13.8 Å².